The summed E-state index contributed by atoms with van der Waals surface area (Å²) in [6, 6.07) is 7.62. The average molecular weight is 340 g/mol. The number of anilines is 1. The molecule has 1 saturated heterocycles. The number of amides is 1. The molecule has 130 valence electrons. The number of hydrogen-bond acceptors (Lipinski definition) is 6. The Kier molecular flexibility index (Phi) is 4.37. The summed E-state index contributed by atoms with van der Waals surface area (Å²) < 4.78 is 10.9. The Morgan fingerprint density at radius 1 is 1.04 bits per heavy atom. The van der Waals surface area contributed by atoms with Gasteiger partial charge in [-0.05, 0) is 24.1 Å². The van der Waals surface area contributed by atoms with Crippen LogP contribution in [0.3, 0.4) is 0 Å². The summed E-state index contributed by atoms with van der Waals surface area (Å²) in [5.41, 5.74) is 1.03. The number of carbonyl (C=O) groups is 1. The topological polar surface area (TPSA) is 67.8 Å². The summed E-state index contributed by atoms with van der Waals surface area (Å²) >= 11 is 0. The lowest BCUT2D eigenvalue weighted by Crippen LogP contribution is -2.49. The van der Waals surface area contributed by atoms with Crippen LogP contribution in [0.5, 0.6) is 11.5 Å². The maximum Gasteiger partial charge on any atom is 0.231 e. The number of carbonyl (C=O) groups excluding carboxylic acids is 1. The molecule has 0 saturated carbocycles. The van der Waals surface area contributed by atoms with Crippen molar-refractivity contribution in [3.05, 3.63) is 42.2 Å². The van der Waals surface area contributed by atoms with E-state index in [0.717, 1.165) is 36.1 Å². The van der Waals surface area contributed by atoms with Crippen LogP contribution in [0.2, 0.25) is 0 Å². The largest absolute Gasteiger partial charge is 0.454 e. The number of benzene rings is 1. The standard InChI is InChI=1S/C18H20N4O3/c23-16(6-5-14-3-1-4-15-17(14)25-13-24-15)21-9-11-22(12-10-21)18-19-7-2-8-20-18/h1-4,7-8H,5-6,9-13H2. The van der Waals surface area contributed by atoms with Gasteiger partial charge in [0.2, 0.25) is 18.6 Å². The third-order valence-electron chi connectivity index (χ3n) is 4.55. The van der Waals surface area contributed by atoms with Crippen LogP contribution in [0.4, 0.5) is 5.95 Å². The lowest BCUT2D eigenvalue weighted by Gasteiger charge is -2.34. The van der Waals surface area contributed by atoms with Crippen molar-refractivity contribution in [1.29, 1.82) is 0 Å². The summed E-state index contributed by atoms with van der Waals surface area (Å²) in [7, 11) is 0. The lowest BCUT2D eigenvalue weighted by atomic mass is 10.1. The molecule has 0 aliphatic carbocycles. The summed E-state index contributed by atoms with van der Waals surface area (Å²) in [5, 5.41) is 0. The third-order valence-corrected chi connectivity index (χ3v) is 4.55. The van der Waals surface area contributed by atoms with Gasteiger partial charge in [-0.2, -0.15) is 0 Å². The number of nitrogens with zero attached hydrogens (tertiary/aromatic N) is 4. The predicted molar refractivity (Wildman–Crippen MR) is 91.7 cm³/mol. The molecule has 4 rings (SSSR count). The van der Waals surface area contributed by atoms with Gasteiger partial charge in [0.25, 0.3) is 0 Å². The van der Waals surface area contributed by atoms with Crippen LogP contribution in [0, 0.1) is 0 Å². The van der Waals surface area contributed by atoms with Crippen LogP contribution in [-0.2, 0) is 11.2 Å². The van der Waals surface area contributed by atoms with Crippen molar-refractivity contribution in [2.75, 3.05) is 37.9 Å². The first kappa shape index (κ1) is 15.7. The van der Waals surface area contributed by atoms with Gasteiger partial charge in [-0.1, -0.05) is 12.1 Å². The first-order valence-electron chi connectivity index (χ1n) is 8.48. The maximum absolute atomic E-state index is 12.5. The molecule has 1 amide bonds. The average Bonchev–Trinajstić information content (AvgIpc) is 3.16. The minimum Gasteiger partial charge on any atom is -0.454 e. The molecule has 1 fully saturated rings. The molecule has 7 nitrogen and oxygen atoms in total. The van der Waals surface area contributed by atoms with E-state index in [9.17, 15) is 4.79 Å². The number of para-hydroxylation sites is 1. The number of rotatable bonds is 4. The second-order valence-electron chi connectivity index (χ2n) is 6.07. The van der Waals surface area contributed by atoms with Crippen molar-refractivity contribution in [1.82, 2.24) is 14.9 Å². The molecule has 0 unspecified atom stereocenters. The third kappa shape index (κ3) is 3.35. The van der Waals surface area contributed by atoms with Crippen molar-refractivity contribution in [3.63, 3.8) is 0 Å². The lowest BCUT2D eigenvalue weighted by molar-refractivity contribution is -0.131. The van der Waals surface area contributed by atoms with E-state index < -0.39 is 0 Å². The minimum absolute atomic E-state index is 0.171. The highest BCUT2D eigenvalue weighted by atomic mass is 16.7. The fraction of sp³-hybridized carbons (Fsp3) is 0.389. The fourth-order valence-electron chi connectivity index (χ4n) is 3.20. The molecule has 0 bridgehead atoms. The van der Waals surface area contributed by atoms with E-state index >= 15 is 0 Å². The van der Waals surface area contributed by atoms with Crippen LogP contribution >= 0.6 is 0 Å². The van der Waals surface area contributed by atoms with E-state index in [2.05, 4.69) is 14.9 Å². The van der Waals surface area contributed by atoms with Gasteiger partial charge in [0, 0.05) is 45.0 Å². The van der Waals surface area contributed by atoms with Crippen LogP contribution in [0.25, 0.3) is 0 Å². The van der Waals surface area contributed by atoms with Crippen LogP contribution in [0.15, 0.2) is 36.7 Å². The summed E-state index contributed by atoms with van der Waals surface area (Å²) in [4.78, 5) is 25.1. The molecule has 0 atom stereocenters. The van der Waals surface area contributed by atoms with Gasteiger partial charge in [0.05, 0.1) is 0 Å². The van der Waals surface area contributed by atoms with Gasteiger partial charge in [-0.25, -0.2) is 9.97 Å². The Morgan fingerprint density at radius 2 is 1.84 bits per heavy atom. The van der Waals surface area contributed by atoms with Crippen molar-refractivity contribution in [3.8, 4) is 11.5 Å². The molecule has 0 radical (unpaired) electrons. The number of piperazine rings is 1. The molecule has 1 aromatic carbocycles. The second kappa shape index (κ2) is 6.96. The number of hydrogen-bond donors (Lipinski definition) is 0. The van der Waals surface area contributed by atoms with E-state index in [1.165, 1.54) is 0 Å². The molecule has 0 N–H and O–H groups in total. The molecule has 25 heavy (non-hydrogen) atoms. The molecule has 7 heteroatoms. The van der Waals surface area contributed by atoms with Gasteiger partial charge in [-0.3, -0.25) is 4.79 Å². The molecular formula is C18H20N4O3. The summed E-state index contributed by atoms with van der Waals surface area (Å²) in [5.74, 6) is 2.44. The van der Waals surface area contributed by atoms with Crippen molar-refractivity contribution in [2.45, 2.75) is 12.8 Å². The molecular weight excluding hydrogens is 320 g/mol. The van der Waals surface area contributed by atoms with E-state index in [-0.39, 0.29) is 12.7 Å². The zero-order valence-electron chi connectivity index (χ0n) is 13.9. The molecule has 0 spiro atoms. The Hall–Kier alpha value is -2.83. The van der Waals surface area contributed by atoms with Crippen LogP contribution in [-0.4, -0.2) is 53.7 Å². The fourth-order valence-corrected chi connectivity index (χ4v) is 3.20. The molecule has 1 aromatic heterocycles. The van der Waals surface area contributed by atoms with E-state index in [1.54, 1.807) is 18.5 Å². The van der Waals surface area contributed by atoms with Gasteiger partial charge < -0.3 is 19.3 Å². The highest BCUT2D eigenvalue weighted by Crippen LogP contribution is 2.35. The van der Waals surface area contributed by atoms with Gasteiger partial charge in [-0.15, -0.1) is 0 Å². The van der Waals surface area contributed by atoms with Gasteiger partial charge in [0.1, 0.15) is 0 Å². The molecule has 3 heterocycles. The SMILES string of the molecule is O=C(CCc1cccc2c1OCO2)N1CCN(c2ncccn2)CC1. The highest BCUT2D eigenvalue weighted by Gasteiger charge is 2.23. The normalized spacial score (nSPS) is 16.2. The van der Waals surface area contributed by atoms with E-state index in [4.69, 9.17) is 9.47 Å². The zero-order valence-corrected chi connectivity index (χ0v) is 13.9. The summed E-state index contributed by atoms with van der Waals surface area (Å²) in [6.45, 7) is 3.16. The van der Waals surface area contributed by atoms with Gasteiger partial charge >= 0.3 is 0 Å². The maximum atomic E-state index is 12.5. The van der Waals surface area contributed by atoms with Gasteiger partial charge in [0.15, 0.2) is 11.5 Å². The van der Waals surface area contributed by atoms with E-state index in [1.807, 2.05) is 23.1 Å². The van der Waals surface area contributed by atoms with Crippen LogP contribution < -0.4 is 14.4 Å². The highest BCUT2D eigenvalue weighted by molar-refractivity contribution is 5.77. The number of ether oxygens (including phenoxy) is 2. The Balaban J connectivity index is 1.31. The number of aryl methyl sites for hydroxylation is 1. The zero-order chi connectivity index (χ0) is 17.1. The monoisotopic (exact) mass is 340 g/mol. The molecule has 2 aliphatic rings. The Bertz CT molecular complexity index is 745. The van der Waals surface area contributed by atoms with Crippen molar-refractivity contribution in [2.24, 2.45) is 0 Å². The first-order chi connectivity index (χ1) is 12.3. The van der Waals surface area contributed by atoms with Crippen LogP contribution in [0.1, 0.15) is 12.0 Å². The smallest absolute Gasteiger partial charge is 0.231 e. The Morgan fingerprint density at radius 3 is 2.64 bits per heavy atom. The predicted octanol–water partition coefficient (Wildman–Crippen LogP) is 1.49. The second-order valence-corrected chi connectivity index (χ2v) is 6.07. The quantitative estimate of drug-likeness (QED) is 0.840. The minimum atomic E-state index is 0.171. The molecule has 2 aromatic rings. The molecule has 2 aliphatic heterocycles. The van der Waals surface area contributed by atoms with Crippen molar-refractivity contribution < 1.29 is 14.3 Å². The number of fused-ring (bicyclic) bond motifs is 1. The van der Waals surface area contributed by atoms with E-state index in [0.29, 0.717) is 25.9 Å². The Labute approximate surface area is 146 Å². The summed E-state index contributed by atoms with van der Waals surface area (Å²) in [6.07, 6.45) is 4.61. The van der Waals surface area contributed by atoms with Crippen molar-refractivity contribution >= 4 is 11.9 Å². The first-order valence-corrected chi connectivity index (χ1v) is 8.48. The number of aromatic nitrogens is 2.